The summed E-state index contributed by atoms with van der Waals surface area (Å²) < 4.78 is 0. The van der Waals surface area contributed by atoms with Crippen molar-refractivity contribution in [1.29, 1.82) is 0 Å². The molecule has 0 radical (unpaired) electrons. The highest BCUT2D eigenvalue weighted by Crippen LogP contribution is 2.59. The fourth-order valence-electron chi connectivity index (χ4n) is 5.41. The fourth-order valence-corrected chi connectivity index (χ4v) is 5.41. The second-order valence-corrected chi connectivity index (χ2v) is 7.94. The number of ketones is 1. The lowest BCUT2D eigenvalue weighted by Crippen LogP contribution is -2.43. The molecule has 0 heterocycles. The lowest BCUT2D eigenvalue weighted by molar-refractivity contribution is -0.131. The Kier molecular flexibility index (Phi) is 2.96. The van der Waals surface area contributed by atoms with Crippen LogP contribution in [0, 0.1) is 22.7 Å². The summed E-state index contributed by atoms with van der Waals surface area (Å²) in [6.07, 6.45) is 8.52. The van der Waals surface area contributed by atoms with Crippen LogP contribution >= 0.6 is 0 Å². The first kappa shape index (κ1) is 13.4. The maximum Gasteiger partial charge on any atom is 0.142 e. The van der Waals surface area contributed by atoms with Crippen LogP contribution < -0.4 is 0 Å². The molecule has 3 atom stereocenters. The van der Waals surface area contributed by atoms with Crippen molar-refractivity contribution >= 4 is 5.78 Å². The van der Waals surface area contributed by atoms with Gasteiger partial charge in [0.25, 0.3) is 0 Å². The van der Waals surface area contributed by atoms with E-state index >= 15 is 0 Å². The van der Waals surface area contributed by atoms with E-state index in [1.165, 1.54) is 25.7 Å². The van der Waals surface area contributed by atoms with E-state index in [9.17, 15) is 4.79 Å². The Bertz CT molecular complexity index is 443. The lowest BCUT2D eigenvalue weighted by atomic mass is 9.55. The summed E-state index contributed by atoms with van der Waals surface area (Å²) in [6.45, 7) is 9.30. The monoisotopic (exact) mass is 260 g/mol. The topological polar surface area (TPSA) is 17.1 Å². The smallest absolute Gasteiger partial charge is 0.142 e. The zero-order valence-electron chi connectivity index (χ0n) is 13.0. The second-order valence-electron chi connectivity index (χ2n) is 7.94. The number of carbonyl (C=O) groups excluding carboxylic acids is 1. The van der Waals surface area contributed by atoms with Gasteiger partial charge in [0.2, 0.25) is 0 Å². The third kappa shape index (κ3) is 1.76. The highest BCUT2D eigenvalue weighted by atomic mass is 16.1. The number of Topliss-reactive ketones (excluding diaryl/α,β-unsaturated/α-hetero) is 1. The average Bonchev–Trinajstić information content (AvgIpc) is 2.63. The lowest BCUT2D eigenvalue weighted by Gasteiger charge is -2.49. The Morgan fingerprint density at radius 2 is 1.79 bits per heavy atom. The molecule has 0 aliphatic heterocycles. The van der Waals surface area contributed by atoms with Crippen LogP contribution in [0.5, 0.6) is 0 Å². The van der Waals surface area contributed by atoms with Gasteiger partial charge in [0.05, 0.1) is 0 Å². The van der Waals surface area contributed by atoms with Gasteiger partial charge in [-0.25, -0.2) is 0 Å². The minimum Gasteiger partial charge on any atom is -0.299 e. The van der Waals surface area contributed by atoms with Gasteiger partial charge in [-0.15, -0.1) is 0 Å². The van der Waals surface area contributed by atoms with Crippen LogP contribution in [0.3, 0.4) is 0 Å². The van der Waals surface area contributed by atoms with Crippen molar-refractivity contribution in [2.75, 3.05) is 0 Å². The molecule has 106 valence electrons. The van der Waals surface area contributed by atoms with E-state index in [2.05, 4.69) is 27.7 Å². The summed E-state index contributed by atoms with van der Waals surface area (Å²) in [7, 11) is 0. The predicted molar refractivity (Wildman–Crippen MR) is 78.9 cm³/mol. The van der Waals surface area contributed by atoms with Crippen molar-refractivity contribution < 1.29 is 4.79 Å². The first-order valence-electron chi connectivity index (χ1n) is 8.15. The van der Waals surface area contributed by atoms with E-state index in [4.69, 9.17) is 0 Å². The SMILES string of the molecule is C[C@@H]1C2=C(CCCC2(C)C)CC[C@@]12CC[C@H](C)C2=O. The van der Waals surface area contributed by atoms with Crippen molar-refractivity contribution in [3.05, 3.63) is 11.1 Å². The van der Waals surface area contributed by atoms with Crippen molar-refractivity contribution in [3.8, 4) is 0 Å². The molecule has 1 heteroatoms. The Morgan fingerprint density at radius 3 is 2.42 bits per heavy atom. The van der Waals surface area contributed by atoms with Crippen molar-refractivity contribution in [1.82, 2.24) is 0 Å². The van der Waals surface area contributed by atoms with Crippen molar-refractivity contribution in [3.63, 3.8) is 0 Å². The first-order chi connectivity index (χ1) is 8.88. The number of rotatable bonds is 0. The van der Waals surface area contributed by atoms with E-state index in [0.717, 1.165) is 19.3 Å². The number of hydrogen-bond donors (Lipinski definition) is 0. The number of hydrogen-bond acceptors (Lipinski definition) is 1. The minimum atomic E-state index is 0.00681. The Balaban J connectivity index is 2.03. The van der Waals surface area contributed by atoms with Gasteiger partial charge in [0, 0.05) is 11.3 Å². The fraction of sp³-hybridized carbons (Fsp3) is 0.833. The molecule has 0 bridgehead atoms. The van der Waals surface area contributed by atoms with Gasteiger partial charge < -0.3 is 0 Å². The molecule has 0 aromatic heterocycles. The third-order valence-electron chi connectivity index (χ3n) is 6.49. The molecule has 0 saturated heterocycles. The third-order valence-corrected chi connectivity index (χ3v) is 6.49. The standard InChI is InChI=1S/C18H28O/c1-12-7-10-18(16(12)19)11-8-14-6-5-9-17(3,4)15(14)13(18)2/h12-13H,5-11H2,1-4H3/t12-,13+,18-/m0/s1. The van der Waals surface area contributed by atoms with E-state index in [0.29, 0.717) is 23.0 Å². The van der Waals surface area contributed by atoms with Gasteiger partial charge in [-0.05, 0) is 56.3 Å². The molecule has 3 rings (SSSR count). The van der Waals surface area contributed by atoms with Gasteiger partial charge in [-0.2, -0.15) is 0 Å². The molecular weight excluding hydrogens is 232 g/mol. The average molecular weight is 260 g/mol. The van der Waals surface area contributed by atoms with Gasteiger partial charge >= 0.3 is 0 Å². The Morgan fingerprint density at radius 1 is 1.05 bits per heavy atom. The molecule has 1 spiro atoms. The van der Waals surface area contributed by atoms with Crippen LogP contribution in [0.2, 0.25) is 0 Å². The largest absolute Gasteiger partial charge is 0.299 e. The van der Waals surface area contributed by atoms with Crippen LogP contribution in [-0.2, 0) is 4.79 Å². The van der Waals surface area contributed by atoms with Crippen LogP contribution in [0.4, 0.5) is 0 Å². The summed E-state index contributed by atoms with van der Waals surface area (Å²) in [5.74, 6) is 1.37. The molecule has 1 saturated carbocycles. The number of allylic oxidation sites excluding steroid dienone is 2. The second kappa shape index (κ2) is 4.20. The summed E-state index contributed by atoms with van der Waals surface area (Å²) in [5.41, 5.74) is 3.72. The van der Waals surface area contributed by atoms with E-state index < -0.39 is 0 Å². The Hall–Kier alpha value is -0.590. The molecule has 3 aliphatic carbocycles. The van der Waals surface area contributed by atoms with E-state index in [-0.39, 0.29) is 5.41 Å². The molecule has 1 nitrogen and oxygen atoms in total. The van der Waals surface area contributed by atoms with Gasteiger partial charge in [-0.3, -0.25) is 4.79 Å². The zero-order valence-corrected chi connectivity index (χ0v) is 13.0. The van der Waals surface area contributed by atoms with Gasteiger partial charge in [0.15, 0.2) is 0 Å². The molecule has 0 unspecified atom stereocenters. The summed E-state index contributed by atoms with van der Waals surface area (Å²) in [6, 6.07) is 0. The molecule has 0 aromatic rings. The van der Waals surface area contributed by atoms with Crippen molar-refractivity contribution in [2.24, 2.45) is 22.7 Å². The van der Waals surface area contributed by atoms with Crippen LogP contribution in [-0.4, -0.2) is 5.78 Å². The highest BCUT2D eigenvalue weighted by molar-refractivity contribution is 5.89. The van der Waals surface area contributed by atoms with Crippen LogP contribution in [0.25, 0.3) is 0 Å². The number of carbonyl (C=O) groups is 1. The quantitative estimate of drug-likeness (QED) is 0.566. The normalized spacial score (nSPS) is 41.8. The molecule has 1 fully saturated rings. The molecule has 0 aromatic carbocycles. The summed E-state index contributed by atoms with van der Waals surface area (Å²) in [4.78, 5) is 12.8. The van der Waals surface area contributed by atoms with E-state index in [1.54, 1.807) is 11.1 Å². The molecular formula is C18H28O. The van der Waals surface area contributed by atoms with Gasteiger partial charge in [0.1, 0.15) is 5.78 Å². The van der Waals surface area contributed by atoms with Crippen LogP contribution in [0.1, 0.15) is 72.6 Å². The zero-order chi connectivity index (χ0) is 13.8. The minimum absolute atomic E-state index is 0.00681. The van der Waals surface area contributed by atoms with Crippen LogP contribution in [0.15, 0.2) is 11.1 Å². The molecule has 3 aliphatic rings. The first-order valence-corrected chi connectivity index (χ1v) is 8.15. The molecule has 0 N–H and O–H groups in total. The highest BCUT2D eigenvalue weighted by Gasteiger charge is 2.54. The maximum atomic E-state index is 12.8. The van der Waals surface area contributed by atoms with Crippen molar-refractivity contribution in [2.45, 2.75) is 72.6 Å². The van der Waals surface area contributed by atoms with E-state index in [1.807, 2.05) is 0 Å². The summed E-state index contributed by atoms with van der Waals surface area (Å²) >= 11 is 0. The molecule has 0 amide bonds. The predicted octanol–water partition coefficient (Wildman–Crippen LogP) is 4.91. The van der Waals surface area contributed by atoms with Gasteiger partial charge in [-0.1, -0.05) is 38.8 Å². The summed E-state index contributed by atoms with van der Waals surface area (Å²) in [5, 5.41) is 0. The molecule has 19 heavy (non-hydrogen) atoms. The Labute approximate surface area is 117 Å². The maximum absolute atomic E-state index is 12.8.